The first-order chi connectivity index (χ1) is 10.8. The highest BCUT2D eigenvalue weighted by Gasteiger charge is 2.25. The van der Waals surface area contributed by atoms with Crippen LogP contribution in [0.15, 0.2) is 18.3 Å². The van der Waals surface area contributed by atoms with E-state index in [1.807, 2.05) is 34.6 Å². The predicted molar refractivity (Wildman–Crippen MR) is 84.5 cm³/mol. The first kappa shape index (κ1) is 14.8. The smallest absolute Gasteiger partial charge is 0.272 e. The van der Waals surface area contributed by atoms with Gasteiger partial charge in [0.15, 0.2) is 11.4 Å². The van der Waals surface area contributed by atoms with E-state index in [9.17, 15) is 4.79 Å². The molecule has 118 valence electrons. The number of aromatic nitrogens is 2. The van der Waals surface area contributed by atoms with Crippen LogP contribution in [-0.2, 0) is 6.42 Å². The van der Waals surface area contributed by atoms with Crippen LogP contribution >= 0.6 is 0 Å². The fourth-order valence-electron chi connectivity index (χ4n) is 2.92. The second kappa shape index (κ2) is 6.36. The highest BCUT2D eigenvalue weighted by Crippen LogP contribution is 2.23. The maximum atomic E-state index is 13.0. The largest absolute Gasteiger partial charge is 0.493 e. The molecule has 2 aromatic heterocycles. The van der Waals surface area contributed by atoms with Crippen molar-refractivity contribution >= 4 is 11.6 Å². The van der Waals surface area contributed by atoms with E-state index in [1.165, 1.54) is 0 Å². The van der Waals surface area contributed by atoms with Crippen molar-refractivity contribution in [2.75, 3.05) is 33.3 Å². The second-order valence-corrected chi connectivity index (χ2v) is 5.43. The standard InChI is InChI=1S/C16H22N4O2/c1-3-12-14(16(21)19-9-5-7-17-8-11-19)20-10-4-6-13(22-2)15(20)18-12/h4,6,10,17H,3,5,7-9,11H2,1-2H3. The summed E-state index contributed by atoms with van der Waals surface area (Å²) in [5.74, 6) is 0.745. The van der Waals surface area contributed by atoms with Crippen molar-refractivity contribution in [1.29, 1.82) is 0 Å². The quantitative estimate of drug-likeness (QED) is 0.929. The van der Waals surface area contributed by atoms with Crippen LogP contribution in [0.25, 0.3) is 5.65 Å². The number of rotatable bonds is 3. The van der Waals surface area contributed by atoms with Gasteiger partial charge in [0.2, 0.25) is 0 Å². The molecule has 6 heteroatoms. The normalized spacial score (nSPS) is 15.8. The van der Waals surface area contributed by atoms with E-state index in [2.05, 4.69) is 10.3 Å². The summed E-state index contributed by atoms with van der Waals surface area (Å²) in [6.45, 7) is 5.35. The van der Waals surface area contributed by atoms with Crippen LogP contribution < -0.4 is 10.1 Å². The summed E-state index contributed by atoms with van der Waals surface area (Å²) in [6.07, 6.45) is 3.58. The van der Waals surface area contributed by atoms with Gasteiger partial charge in [-0.05, 0) is 31.5 Å². The van der Waals surface area contributed by atoms with Gasteiger partial charge < -0.3 is 15.0 Å². The van der Waals surface area contributed by atoms with Crippen molar-refractivity contribution in [3.8, 4) is 5.75 Å². The Hall–Kier alpha value is -2.08. The monoisotopic (exact) mass is 302 g/mol. The molecule has 1 amide bonds. The average molecular weight is 302 g/mol. The molecular weight excluding hydrogens is 280 g/mol. The summed E-state index contributed by atoms with van der Waals surface area (Å²) in [6, 6.07) is 3.75. The van der Waals surface area contributed by atoms with Gasteiger partial charge in [0, 0.05) is 25.8 Å². The molecule has 0 unspecified atom stereocenters. The van der Waals surface area contributed by atoms with Gasteiger partial charge >= 0.3 is 0 Å². The van der Waals surface area contributed by atoms with Crippen molar-refractivity contribution in [3.63, 3.8) is 0 Å². The minimum atomic E-state index is 0.0568. The number of nitrogens with one attached hydrogen (secondary N) is 1. The fraction of sp³-hybridized carbons (Fsp3) is 0.500. The number of methoxy groups -OCH3 is 1. The molecule has 2 aromatic rings. The molecule has 0 saturated carbocycles. The Kier molecular flexibility index (Phi) is 4.29. The number of fused-ring (bicyclic) bond motifs is 1. The Labute approximate surface area is 130 Å². The Morgan fingerprint density at radius 2 is 2.27 bits per heavy atom. The van der Waals surface area contributed by atoms with Gasteiger partial charge in [-0.2, -0.15) is 0 Å². The van der Waals surface area contributed by atoms with Crippen LogP contribution in [0.2, 0.25) is 0 Å². The second-order valence-electron chi connectivity index (χ2n) is 5.43. The van der Waals surface area contributed by atoms with Crippen molar-refractivity contribution in [3.05, 3.63) is 29.7 Å². The summed E-state index contributed by atoms with van der Waals surface area (Å²) in [5, 5.41) is 3.33. The third-order valence-corrected chi connectivity index (χ3v) is 4.07. The van der Waals surface area contributed by atoms with Crippen LogP contribution in [0.4, 0.5) is 0 Å². The van der Waals surface area contributed by atoms with Gasteiger partial charge in [-0.1, -0.05) is 6.92 Å². The van der Waals surface area contributed by atoms with E-state index in [-0.39, 0.29) is 5.91 Å². The van der Waals surface area contributed by atoms with E-state index >= 15 is 0 Å². The third kappa shape index (κ3) is 2.54. The SMILES string of the molecule is CCc1nc2c(OC)cccn2c1C(=O)N1CCCNCC1. The first-order valence-electron chi connectivity index (χ1n) is 7.80. The molecule has 1 N–H and O–H groups in total. The van der Waals surface area contributed by atoms with Crippen LogP contribution in [-0.4, -0.2) is 53.5 Å². The molecule has 3 rings (SSSR count). The third-order valence-electron chi connectivity index (χ3n) is 4.07. The van der Waals surface area contributed by atoms with Gasteiger partial charge in [-0.3, -0.25) is 9.20 Å². The molecule has 0 bridgehead atoms. The number of ether oxygens (including phenoxy) is 1. The van der Waals surface area contributed by atoms with Gasteiger partial charge in [-0.15, -0.1) is 0 Å². The number of aryl methyl sites for hydroxylation is 1. The zero-order valence-corrected chi connectivity index (χ0v) is 13.1. The molecule has 0 radical (unpaired) electrons. The van der Waals surface area contributed by atoms with E-state index in [0.717, 1.165) is 44.7 Å². The topological polar surface area (TPSA) is 58.9 Å². The lowest BCUT2D eigenvalue weighted by atomic mass is 10.2. The predicted octanol–water partition coefficient (Wildman–Crippen LogP) is 1.34. The van der Waals surface area contributed by atoms with Crippen molar-refractivity contribution in [2.45, 2.75) is 19.8 Å². The Morgan fingerprint density at radius 1 is 1.41 bits per heavy atom. The number of nitrogens with zero attached hydrogens (tertiary/aromatic N) is 3. The van der Waals surface area contributed by atoms with E-state index in [4.69, 9.17) is 4.74 Å². The fourth-order valence-corrected chi connectivity index (χ4v) is 2.92. The van der Waals surface area contributed by atoms with E-state index in [1.54, 1.807) is 7.11 Å². The average Bonchev–Trinajstić information content (AvgIpc) is 2.72. The molecule has 0 spiro atoms. The maximum absolute atomic E-state index is 13.0. The number of carbonyl (C=O) groups is 1. The van der Waals surface area contributed by atoms with Crippen LogP contribution in [0.3, 0.4) is 0 Å². The van der Waals surface area contributed by atoms with Crippen LogP contribution in [0, 0.1) is 0 Å². The summed E-state index contributed by atoms with van der Waals surface area (Å²) < 4.78 is 7.23. The van der Waals surface area contributed by atoms with Crippen molar-refractivity contribution in [1.82, 2.24) is 19.6 Å². The molecule has 1 aliphatic heterocycles. The summed E-state index contributed by atoms with van der Waals surface area (Å²) in [4.78, 5) is 19.5. The molecule has 3 heterocycles. The number of carbonyl (C=O) groups excluding carboxylic acids is 1. The minimum Gasteiger partial charge on any atom is -0.493 e. The molecule has 0 atom stereocenters. The summed E-state index contributed by atoms with van der Waals surface area (Å²) in [7, 11) is 1.62. The zero-order chi connectivity index (χ0) is 15.5. The molecule has 6 nitrogen and oxygen atoms in total. The first-order valence-corrected chi connectivity index (χ1v) is 7.80. The molecule has 22 heavy (non-hydrogen) atoms. The molecule has 0 aromatic carbocycles. The highest BCUT2D eigenvalue weighted by atomic mass is 16.5. The van der Waals surface area contributed by atoms with Crippen molar-refractivity contribution in [2.24, 2.45) is 0 Å². The molecular formula is C16H22N4O2. The number of pyridine rings is 1. The van der Waals surface area contributed by atoms with Gasteiger partial charge in [0.05, 0.1) is 12.8 Å². The zero-order valence-electron chi connectivity index (χ0n) is 13.1. The highest BCUT2D eigenvalue weighted by molar-refractivity contribution is 5.95. The lowest BCUT2D eigenvalue weighted by Gasteiger charge is -2.20. The number of hydrogen-bond donors (Lipinski definition) is 1. The molecule has 1 saturated heterocycles. The van der Waals surface area contributed by atoms with Gasteiger partial charge in [-0.25, -0.2) is 4.98 Å². The van der Waals surface area contributed by atoms with E-state index < -0.39 is 0 Å². The molecule has 0 aliphatic carbocycles. The minimum absolute atomic E-state index is 0.0568. The Morgan fingerprint density at radius 3 is 3.05 bits per heavy atom. The molecule has 1 fully saturated rings. The van der Waals surface area contributed by atoms with E-state index in [0.29, 0.717) is 17.1 Å². The summed E-state index contributed by atoms with van der Waals surface area (Å²) in [5.41, 5.74) is 2.20. The lowest BCUT2D eigenvalue weighted by Crippen LogP contribution is -2.35. The summed E-state index contributed by atoms with van der Waals surface area (Å²) >= 11 is 0. The van der Waals surface area contributed by atoms with Crippen LogP contribution in [0.1, 0.15) is 29.5 Å². The molecule has 1 aliphatic rings. The van der Waals surface area contributed by atoms with Crippen molar-refractivity contribution < 1.29 is 9.53 Å². The number of hydrogen-bond acceptors (Lipinski definition) is 4. The lowest BCUT2D eigenvalue weighted by molar-refractivity contribution is 0.0758. The Balaban J connectivity index is 2.06. The number of amides is 1. The van der Waals surface area contributed by atoms with Gasteiger partial charge in [0.1, 0.15) is 5.69 Å². The Bertz CT molecular complexity index is 672. The maximum Gasteiger partial charge on any atom is 0.272 e. The number of imidazole rings is 1. The van der Waals surface area contributed by atoms with Gasteiger partial charge in [0.25, 0.3) is 5.91 Å². The van der Waals surface area contributed by atoms with Crippen LogP contribution in [0.5, 0.6) is 5.75 Å².